The first kappa shape index (κ1) is 19.2. The summed E-state index contributed by atoms with van der Waals surface area (Å²) in [6.07, 6.45) is 0.730. The number of halogens is 2. The van der Waals surface area contributed by atoms with Crippen LogP contribution in [0.15, 0.2) is 74.7 Å². The molecule has 1 N–H and O–H groups in total. The first-order chi connectivity index (χ1) is 13.0. The van der Waals surface area contributed by atoms with Gasteiger partial charge >= 0.3 is 0 Å². The van der Waals surface area contributed by atoms with Crippen molar-refractivity contribution in [2.45, 2.75) is 13.0 Å². The van der Waals surface area contributed by atoms with Crippen molar-refractivity contribution < 1.29 is 13.9 Å². The van der Waals surface area contributed by atoms with Crippen LogP contribution in [0.3, 0.4) is 0 Å². The van der Waals surface area contributed by atoms with Gasteiger partial charge in [-0.05, 0) is 55.5 Å². The number of ether oxygens (including phenoxy) is 1. The number of carbonyl (C=O) groups excluding carboxylic acids is 1. The molecule has 138 valence electrons. The van der Waals surface area contributed by atoms with E-state index in [1.54, 1.807) is 37.3 Å². The van der Waals surface area contributed by atoms with Crippen LogP contribution in [-0.4, -0.2) is 18.2 Å². The predicted molar refractivity (Wildman–Crippen MR) is 109 cm³/mol. The van der Waals surface area contributed by atoms with Gasteiger partial charge in [-0.15, -0.1) is 0 Å². The molecule has 2 aromatic carbocycles. The first-order valence-electron chi connectivity index (χ1n) is 8.12. The zero-order chi connectivity index (χ0) is 19.2. The first-order valence-corrected chi connectivity index (χ1v) is 9.29. The van der Waals surface area contributed by atoms with E-state index in [9.17, 15) is 4.79 Å². The van der Waals surface area contributed by atoms with Crippen molar-refractivity contribution in [2.24, 2.45) is 5.10 Å². The van der Waals surface area contributed by atoms with Crippen molar-refractivity contribution in [3.05, 3.63) is 75.9 Å². The Balaban J connectivity index is 1.54. The smallest absolute Gasteiger partial charge is 0.280 e. The van der Waals surface area contributed by atoms with Crippen LogP contribution in [0.5, 0.6) is 5.75 Å². The Morgan fingerprint density at radius 3 is 2.56 bits per heavy atom. The lowest BCUT2D eigenvalue weighted by Gasteiger charge is -2.12. The maximum atomic E-state index is 12.1. The Morgan fingerprint density at radius 2 is 1.85 bits per heavy atom. The van der Waals surface area contributed by atoms with Crippen molar-refractivity contribution in [1.82, 2.24) is 5.43 Å². The fraction of sp³-hybridized carbons (Fsp3) is 0.100. The molecule has 1 aromatic heterocycles. The molecule has 7 heteroatoms. The summed E-state index contributed by atoms with van der Waals surface area (Å²) in [6.45, 7) is 1.64. The molecule has 0 aliphatic carbocycles. The number of hydrogen-bond donors (Lipinski definition) is 1. The minimum absolute atomic E-state index is 0.374. The van der Waals surface area contributed by atoms with E-state index in [2.05, 4.69) is 26.5 Å². The highest BCUT2D eigenvalue weighted by Gasteiger charge is 2.14. The van der Waals surface area contributed by atoms with Gasteiger partial charge in [-0.1, -0.05) is 39.7 Å². The minimum Gasteiger partial charge on any atom is -0.481 e. The number of nitrogens with zero attached hydrogens (tertiary/aromatic N) is 1. The number of hydrazone groups is 1. The largest absolute Gasteiger partial charge is 0.481 e. The molecule has 0 aliphatic heterocycles. The maximum absolute atomic E-state index is 12.1. The zero-order valence-corrected chi connectivity index (χ0v) is 16.7. The highest BCUT2D eigenvalue weighted by Crippen LogP contribution is 2.23. The van der Waals surface area contributed by atoms with E-state index in [4.69, 9.17) is 20.8 Å². The fourth-order valence-corrected chi connectivity index (χ4v) is 2.60. The van der Waals surface area contributed by atoms with E-state index in [0.717, 1.165) is 15.8 Å². The number of benzene rings is 2. The highest BCUT2D eigenvalue weighted by molar-refractivity contribution is 9.10. The van der Waals surface area contributed by atoms with Crippen molar-refractivity contribution in [3.8, 4) is 17.1 Å². The van der Waals surface area contributed by atoms with Crippen LogP contribution in [-0.2, 0) is 4.79 Å². The molecule has 1 amide bonds. The standard InChI is InChI=1S/C20H16BrClN2O3/c1-13(26-17-8-6-16(22)7-9-17)20(25)24-23-12-18-10-11-19(27-18)14-2-4-15(21)5-3-14/h2-13H,1H3,(H,24,25)/b23-12-/t13-/m0/s1. The van der Waals surface area contributed by atoms with Gasteiger partial charge in [0.05, 0.1) is 6.21 Å². The third-order valence-corrected chi connectivity index (χ3v) is 4.40. The van der Waals surface area contributed by atoms with Crippen LogP contribution >= 0.6 is 27.5 Å². The summed E-state index contributed by atoms with van der Waals surface area (Å²) in [4.78, 5) is 12.1. The van der Waals surface area contributed by atoms with Gasteiger partial charge in [0.15, 0.2) is 6.10 Å². The van der Waals surface area contributed by atoms with Gasteiger partial charge in [0.1, 0.15) is 17.3 Å². The van der Waals surface area contributed by atoms with Crippen molar-refractivity contribution in [2.75, 3.05) is 0 Å². The van der Waals surface area contributed by atoms with Crippen LogP contribution in [0.4, 0.5) is 0 Å². The molecule has 27 heavy (non-hydrogen) atoms. The topological polar surface area (TPSA) is 63.8 Å². The third-order valence-electron chi connectivity index (χ3n) is 3.62. The highest BCUT2D eigenvalue weighted by atomic mass is 79.9. The van der Waals surface area contributed by atoms with E-state index in [1.807, 2.05) is 30.3 Å². The van der Waals surface area contributed by atoms with Gasteiger partial charge in [-0.3, -0.25) is 4.79 Å². The van der Waals surface area contributed by atoms with Gasteiger partial charge in [0.2, 0.25) is 0 Å². The quantitative estimate of drug-likeness (QED) is 0.413. The van der Waals surface area contributed by atoms with E-state index in [1.165, 1.54) is 6.21 Å². The Hall–Kier alpha value is -2.57. The lowest BCUT2D eigenvalue weighted by molar-refractivity contribution is -0.127. The van der Waals surface area contributed by atoms with Crippen molar-refractivity contribution in [1.29, 1.82) is 0 Å². The molecular formula is C20H16BrClN2O3. The molecule has 0 radical (unpaired) electrons. The molecular weight excluding hydrogens is 432 g/mol. The van der Waals surface area contributed by atoms with Gasteiger partial charge in [-0.2, -0.15) is 5.10 Å². The lowest BCUT2D eigenvalue weighted by atomic mass is 10.2. The average molecular weight is 448 g/mol. The van der Waals surface area contributed by atoms with Gasteiger partial charge in [0, 0.05) is 15.1 Å². The second-order valence-electron chi connectivity index (χ2n) is 5.66. The SMILES string of the molecule is C[C@H](Oc1ccc(Cl)cc1)C(=O)N/N=C\c1ccc(-c2ccc(Br)cc2)o1. The molecule has 0 spiro atoms. The Bertz CT molecular complexity index is 937. The number of carbonyl (C=O) groups is 1. The summed E-state index contributed by atoms with van der Waals surface area (Å²) in [5.41, 5.74) is 3.38. The monoisotopic (exact) mass is 446 g/mol. The molecule has 0 unspecified atom stereocenters. The van der Waals surface area contributed by atoms with Crippen LogP contribution < -0.4 is 10.2 Å². The number of nitrogens with one attached hydrogen (secondary N) is 1. The molecule has 3 rings (SSSR count). The summed E-state index contributed by atoms with van der Waals surface area (Å²) in [7, 11) is 0. The van der Waals surface area contributed by atoms with E-state index >= 15 is 0 Å². The summed E-state index contributed by atoms with van der Waals surface area (Å²) < 4.78 is 12.2. The molecule has 1 atom stereocenters. The summed E-state index contributed by atoms with van der Waals surface area (Å²) in [5.74, 6) is 1.42. The Labute approximate surface area is 170 Å². The Kier molecular flexibility index (Phi) is 6.32. The van der Waals surface area contributed by atoms with E-state index < -0.39 is 6.10 Å². The molecule has 0 saturated carbocycles. The number of hydrogen-bond acceptors (Lipinski definition) is 4. The predicted octanol–water partition coefficient (Wildman–Crippen LogP) is 5.28. The van der Waals surface area contributed by atoms with Crippen LogP contribution in [0.25, 0.3) is 11.3 Å². The summed E-state index contributed by atoms with van der Waals surface area (Å²) in [5, 5.41) is 4.51. The molecule has 1 heterocycles. The molecule has 3 aromatic rings. The number of furan rings is 1. The van der Waals surface area contributed by atoms with Crippen LogP contribution in [0, 0.1) is 0 Å². The molecule has 0 bridgehead atoms. The van der Waals surface area contributed by atoms with E-state index in [0.29, 0.717) is 16.5 Å². The lowest BCUT2D eigenvalue weighted by Crippen LogP contribution is -2.33. The molecule has 0 fully saturated rings. The van der Waals surface area contributed by atoms with Crippen LogP contribution in [0.1, 0.15) is 12.7 Å². The minimum atomic E-state index is -0.710. The second kappa shape index (κ2) is 8.88. The van der Waals surface area contributed by atoms with Gasteiger partial charge < -0.3 is 9.15 Å². The number of rotatable bonds is 6. The molecule has 5 nitrogen and oxygen atoms in total. The fourth-order valence-electron chi connectivity index (χ4n) is 2.21. The number of amides is 1. The van der Waals surface area contributed by atoms with E-state index in [-0.39, 0.29) is 5.91 Å². The van der Waals surface area contributed by atoms with Crippen LogP contribution in [0.2, 0.25) is 5.02 Å². The van der Waals surface area contributed by atoms with Crippen molar-refractivity contribution in [3.63, 3.8) is 0 Å². The second-order valence-corrected chi connectivity index (χ2v) is 7.01. The maximum Gasteiger partial charge on any atom is 0.280 e. The molecule has 0 saturated heterocycles. The zero-order valence-electron chi connectivity index (χ0n) is 14.4. The van der Waals surface area contributed by atoms with Gasteiger partial charge in [0.25, 0.3) is 5.91 Å². The Morgan fingerprint density at radius 1 is 1.15 bits per heavy atom. The third kappa shape index (κ3) is 5.45. The average Bonchev–Trinajstić information content (AvgIpc) is 3.13. The molecule has 0 aliphatic rings. The van der Waals surface area contributed by atoms with Crippen molar-refractivity contribution >= 4 is 39.7 Å². The normalized spacial score (nSPS) is 12.1. The van der Waals surface area contributed by atoms with Gasteiger partial charge in [-0.25, -0.2) is 5.43 Å². The summed E-state index contributed by atoms with van der Waals surface area (Å²) in [6, 6.07) is 18.2. The summed E-state index contributed by atoms with van der Waals surface area (Å²) >= 11 is 9.22.